The Bertz CT molecular complexity index is 397. The van der Waals surface area contributed by atoms with Gasteiger partial charge in [-0.2, -0.15) is 0 Å². The average molecular weight is 248 g/mol. The Morgan fingerprint density at radius 3 is 2.56 bits per heavy atom. The molecule has 0 unspecified atom stereocenters. The van der Waals surface area contributed by atoms with Gasteiger partial charge in [-0.05, 0) is 37.6 Å². The van der Waals surface area contributed by atoms with E-state index in [9.17, 15) is 0 Å². The summed E-state index contributed by atoms with van der Waals surface area (Å²) in [5.41, 5.74) is 8.52. The van der Waals surface area contributed by atoms with Gasteiger partial charge in [-0.25, -0.2) is 4.98 Å². The lowest BCUT2D eigenvalue weighted by Crippen LogP contribution is -2.44. The van der Waals surface area contributed by atoms with Crippen LogP contribution >= 0.6 is 0 Å². The number of rotatable bonds is 3. The predicted molar refractivity (Wildman–Crippen MR) is 75.9 cm³/mol. The second-order valence-electron chi connectivity index (χ2n) is 5.20. The van der Waals surface area contributed by atoms with Crippen LogP contribution in [0.4, 0.5) is 5.82 Å². The van der Waals surface area contributed by atoms with Crippen molar-refractivity contribution < 1.29 is 0 Å². The first-order chi connectivity index (χ1) is 8.61. The third kappa shape index (κ3) is 2.82. The zero-order chi connectivity index (χ0) is 13.1. The number of anilines is 1. The van der Waals surface area contributed by atoms with E-state index in [4.69, 9.17) is 5.73 Å². The molecule has 0 saturated carbocycles. The summed E-state index contributed by atoms with van der Waals surface area (Å²) >= 11 is 0. The van der Waals surface area contributed by atoms with E-state index in [1.165, 1.54) is 11.1 Å². The molecule has 0 aromatic carbocycles. The Kier molecular flexibility index (Phi) is 4.19. The molecule has 0 amide bonds. The molecule has 18 heavy (non-hydrogen) atoms. The molecular weight excluding hydrogens is 224 g/mol. The molecule has 1 aromatic heterocycles. The molecule has 1 atom stereocenters. The van der Waals surface area contributed by atoms with Crippen LogP contribution in [0.1, 0.15) is 30.5 Å². The number of hydrogen-bond donors (Lipinski definition) is 1. The lowest BCUT2D eigenvalue weighted by Gasteiger charge is -2.33. The van der Waals surface area contributed by atoms with Gasteiger partial charge >= 0.3 is 0 Å². The largest absolute Gasteiger partial charge is 0.354 e. The quantitative estimate of drug-likeness (QED) is 0.881. The average Bonchev–Trinajstić information content (AvgIpc) is 2.38. The van der Waals surface area contributed by atoms with Gasteiger partial charge in [-0.15, -0.1) is 0 Å². The van der Waals surface area contributed by atoms with Crippen LogP contribution in [0.15, 0.2) is 12.3 Å². The Morgan fingerprint density at radius 2 is 2.00 bits per heavy atom. The monoisotopic (exact) mass is 248 g/mol. The number of nitrogens with two attached hydrogens (primary N) is 1. The normalized spacial score (nSPS) is 19.0. The summed E-state index contributed by atoms with van der Waals surface area (Å²) in [5.74, 6) is 1.09. The van der Waals surface area contributed by atoms with Crippen molar-refractivity contribution in [2.75, 3.05) is 38.1 Å². The van der Waals surface area contributed by atoms with E-state index in [0.29, 0.717) is 0 Å². The van der Waals surface area contributed by atoms with Crippen LogP contribution in [0.25, 0.3) is 0 Å². The van der Waals surface area contributed by atoms with Crippen molar-refractivity contribution in [2.24, 2.45) is 5.73 Å². The van der Waals surface area contributed by atoms with Gasteiger partial charge in [0.2, 0.25) is 0 Å². The number of pyridine rings is 1. The van der Waals surface area contributed by atoms with Gasteiger partial charge in [-0.3, -0.25) is 0 Å². The van der Waals surface area contributed by atoms with Crippen LogP contribution in [-0.2, 0) is 0 Å². The molecule has 2 rings (SSSR count). The molecule has 2 heterocycles. The highest BCUT2D eigenvalue weighted by Crippen LogP contribution is 2.22. The fourth-order valence-electron chi connectivity index (χ4n) is 2.37. The topological polar surface area (TPSA) is 45.4 Å². The molecule has 100 valence electrons. The molecule has 1 fully saturated rings. The number of hydrogen-bond acceptors (Lipinski definition) is 4. The smallest absolute Gasteiger partial charge is 0.128 e. The van der Waals surface area contributed by atoms with E-state index in [0.717, 1.165) is 38.4 Å². The van der Waals surface area contributed by atoms with Gasteiger partial charge in [0.25, 0.3) is 0 Å². The van der Waals surface area contributed by atoms with E-state index >= 15 is 0 Å². The minimum absolute atomic E-state index is 0.110. The molecule has 0 radical (unpaired) electrons. The first-order valence-electron chi connectivity index (χ1n) is 6.77. The fraction of sp³-hybridized carbons (Fsp3) is 0.643. The van der Waals surface area contributed by atoms with Crippen molar-refractivity contribution in [3.63, 3.8) is 0 Å². The first kappa shape index (κ1) is 13.3. The van der Waals surface area contributed by atoms with Gasteiger partial charge in [0.05, 0.1) is 0 Å². The van der Waals surface area contributed by atoms with Gasteiger partial charge in [0.15, 0.2) is 0 Å². The molecule has 2 N–H and O–H groups in total. The molecular formula is C14H24N4. The Balaban J connectivity index is 2.13. The van der Waals surface area contributed by atoms with Crippen LogP contribution in [0.3, 0.4) is 0 Å². The number of piperazine rings is 1. The molecule has 1 aliphatic heterocycles. The van der Waals surface area contributed by atoms with Crippen molar-refractivity contribution in [2.45, 2.75) is 26.3 Å². The van der Waals surface area contributed by atoms with Crippen molar-refractivity contribution >= 4 is 5.82 Å². The predicted octanol–water partition coefficient (Wildman–Crippen LogP) is 1.55. The summed E-state index contributed by atoms with van der Waals surface area (Å²) in [4.78, 5) is 9.29. The molecule has 1 aliphatic rings. The highest BCUT2D eigenvalue weighted by molar-refractivity contribution is 5.44. The maximum atomic E-state index is 6.08. The number of likely N-dealkylation sites (N-methyl/N-ethyl adjacent to an activating group) is 1. The molecule has 0 aliphatic carbocycles. The maximum Gasteiger partial charge on any atom is 0.128 e. The van der Waals surface area contributed by atoms with Crippen LogP contribution in [-0.4, -0.2) is 43.1 Å². The minimum atomic E-state index is 0.110. The van der Waals surface area contributed by atoms with Gasteiger partial charge in [-0.1, -0.05) is 6.92 Å². The summed E-state index contributed by atoms with van der Waals surface area (Å²) in [5, 5.41) is 0. The maximum absolute atomic E-state index is 6.08. The van der Waals surface area contributed by atoms with E-state index in [1.54, 1.807) is 0 Å². The second kappa shape index (κ2) is 5.67. The molecule has 1 aromatic rings. The van der Waals surface area contributed by atoms with Gasteiger partial charge < -0.3 is 15.5 Å². The van der Waals surface area contributed by atoms with Gasteiger partial charge in [0.1, 0.15) is 5.82 Å². The molecule has 0 bridgehead atoms. The fourth-order valence-corrected chi connectivity index (χ4v) is 2.37. The summed E-state index contributed by atoms with van der Waals surface area (Å²) in [7, 11) is 2.17. The third-order valence-corrected chi connectivity index (χ3v) is 3.80. The Hall–Kier alpha value is -1.13. The lowest BCUT2D eigenvalue weighted by atomic mass is 10.0. The SMILES string of the molecule is CC[C@H](N)c1cnc(N2CCN(C)CC2)cc1C. The van der Waals surface area contributed by atoms with Crippen LogP contribution in [0.5, 0.6) is 0 Å². The van der Waals surface area contributed by atoms with Crippen molar-refractivity contribution in [1.82, 2.24) is 9.88 Å². The van der Waals surface area contributed by atoms with E-state index in [2.05, 4.69) is 41.7 Å². The van der Waals surface area contributed by atoms with E-state index in [-0.39, 0.29) is 6.04 Å². The highest BCUT2D eigenvalue weighted by Gasteiger charge is 2.16. The third-order valence-electron chi connectivity index (χ3n) is 3.80. The summed E-state index contributed by atoms with van der Waals surface area (Å²) in [6.45, 7) is 8.57. The summed E-state index contributed by atoms with van der Waals surface area (Å²) in [6.07, 6.45) is 2.91. The number of aromatic nitrogens is 1. The van der Waals surface area contributed by atoms with Crippen LogP contribution in [0.2, 0.25) is 0 Å². The molecule has 4 nitrogen and oxygen atoms in total. The first-order valence-corrected chi connectivity index (χ1v) is 6.77. The van der Waals surface area contributed by atoms with Crippen molar-refractivity contribution in [3.05, 3.63) is 23.4 Å². The molecule has 4 heteroatoms. The van der Waals surface area contributed by atoms with Crippen LogP contribution in [0, 0.1) is 6.92 Å². The Morgan fingerprint density at radius 1 is 1.33 bits per heavy atom. The molecule has 1 saturated heterocycles. The zero-order valence-corrected chi connectivity index (χ0v) is 11.7. The van der Waals surface area contributed by atoms with Crippen molar-refractivity contribution in [3.8, 4) is 0 Å². The van der Waals surface area contributed by atoms with E-state index < -0.39 is 0 Å². The number of nitrogens with zero attached hydrogens (tertiary/aromatic N) is 3. The Labute approximate surface area is 110 Å². The summed E-state index contributed by atoms with van der Waals surface area (Å²) < 4.78 is 0. The highest BCUT2D eigenvalue weighted by atomic mass is 15.3. The van der Waals surface area contributed by atoms with Gasteiger partial charge in [0, 0.05) is 38.4 Å². The summed E-state index contributed by atoms with van der Waals surface area (Å²) in [6, 6.07) is 2.29. The second-order valence-corrected chi connectivity index (χ2v) is 5.20. The van der Waals surface area contributed by atoms with E-state index in [1.807, 2.05) is 6.20 Å². The number of aryl methyl sites for hydroxylation is 1. The standard InChI is InChI=1S/C14H24N4/c1-4-13(15)12-10-16-14(9-11(12)2)18-7-5-17(3)6-8-18/h9-10,13H,4-8,15H2,1-3H3/t13-/m0/s1. The zero-order valence-electron chi connectivity index (χ0n) is 11.7. The molecule has 0 spiro atoms. The van der Waals surface area contributed by atoms with Crippen molar-refractivity contribution in [1.29, 1.82) is 0 Å². The minimum Gasteiger partial charge on any atom is -0.354 e. The van der Waals surface area contributed by atoms with Crippen LogP contribution < -0.4 is 10.6 Å². The lowest BCUT2D eigenvalue weighted by molar-refractivity contribution is 0.312.